The summed E-state index contributed by atoms with van der Waals surface area (Å²) >= 11 is 0. The van der Waals surface area contributed by atoms with Gasteiger partial charge in [-0.3, -0.25) is 0 Å². The predicted octanol–water partition coefficient (Wildman–Crippen LogP) is 0.656. The Morgan fingerprint density at radius 2 is 1.79 bits per heavy atom. The van der Waals surface area contributed by atoms with Gasteiger partial charge in [-0.1, -0.05) is 6.07 Å². The molecule has 6 nitrogen and oxygen atoms in total. The molecule has 0 radical (unpaired) electrons. The van der Waals surface area contributed by atoms with E-state index in [1.165, 1.54) is 24.3 Å². The second kappa shape index (κ2) is 4.69. The number of aliphatic carboxylic acids is 1. The first-order chi connectivity index (χ1) is 8.90. The van der Waals surface area contributed by atoms with Crippen molar-refractivity contribution in [2.75, 3.05) is 0 Å². The monoisotopic (exact) mass is 280 g/mol. The van der Waals surface area contributed by atoms with E-state index in [2.05, 4.69) is 0 Å². The van der Waals surface area contributed by atoms with Gasteiger partial charge in [0.25, 0.3) is 0 Å². The Labute approximate surface area is 109 Å². The van der Waals surface area contributed by atoms with E-state index < -0.39 is 22.2 Å². The molecule has 0 heterocycles. The van der Waals surface area contributed by atoms with E-state index in [0.717, 1.165) is 0 Å². The molecule has 98 valence electrons. The Kier molecular flexibility index (Phi) is 3.22. The summed E-state index contributed by atoms with van der Waals surface area (Å²) < 4.78 is 22.3. The molecule has 2 rings (SSSR count). The Morgan fingerprint density at radius 3 is 2.32 bits per heavy atom. The molecule has 0 aromatic heterocycles. The van der Waals surface area contributed by atoms with Gasteiger partial charge in [-0.05, 0) is 23.8 Å². The average molecular weight is 280 g/mol. The number of hydrogen-bond donors (Lipinski definition) is 2. The van der Waals surface area contributed by atoms with Crippen LogP contribution in [0.3, 0.4) is 0 Å². The molecule has 0 spiro atoms. The highest BCUT2D eigenvalue weighted by Gasteiger charge is 2.23. The highest BCUT2D eigenvalue weighted by molar-refractivity contribution is 7.73. The van der Waals surface area contributed by atoms with Crippen molar-refractivity contribution in [3.63, 3.8) is 0 Å². The second-order valence-electron chi connectivity index (χ2n) is 3.92. The molecule has 1 aliphatic rings. The Bertz CT molecular complexity index is 746. The number of carbonyl (C=O) groups is 2. The van der Waals surface area contributed by atoms with E-state index >= 15 is 0 Å². The van der Waals surface area contributed by atoms with Gasteiger partial charge < -0.3 is 10.2 Å². The molecule has 0 amide bonds. The van der Waals surface area contributed by atoms with Gasteiger partial charge in [0.05, 0.1) is 10.4 Å². The molecule has 7 heteroatoms. The van der Waals surface area contributed by atoms with Crippen LogP contribution in [0.25, 0.3) is 6.08 Å². The number of rotatable bonds is 2. The van der Waals surface area contributed by atoms with E-state index in [9.17, 15) is 18.0 Å². The van der Waals surface area contributed by atoms with Crippen LogP contribution in [0.1, 0.15) is 27.9 Å². The molecule has 0 fully saturated rings. The third-order valence-corrected chi connectivity index (χ3v) is 3.52. The second-order valence-corrected chi connectivity index (χ2v) is 4.88. The van der Waals surface area contributed by atoms with Crippen molar-refractivity contribution in [3.05, 3.63) is 40.5 Å². The molecule has 2 N–H and O–H groups in total. The Balaban J connectivity index is 2.74. The van der Waals surface area contributed by atoms with E-state index in [4.69, 9.17) is 10.2 Å². The summed E-state index contributed by atoms with van der Waals surface area (Å²) in [6.07, 6.45) is 1.10. The largest absolute Gasteiger partial charge is 0.478 e. The van der Waals surface area contributed by atoms with Crippen molar-refractivity contribution in [2.24, 2.45) is 0 Å². The summed E-state index contributed by atoms with van der Waals surface area (Å²) in [6.45, 7) is 0. The molecule has 1 aromatic carbocycles. The van der Waals surface area contributed by atoms with Gasteiger partial charge in [-0.2, -0.15) is 8.42 Å². The summed E-state index contributed by atoms with van der Waals surface area (Å²) in [5.74, 6) is -2.37. The normalized spacial score (nSPS) is 13.5. The lowest BCUT2D eigenvalue weighted by molar-refractivity contribution is -0.132. The van der Waals surface area contributed by atoms with Crippen LogP contribution >= 0.6 is 0 Å². The van der Waals surface area contributed by atoms with Crippen LogP contribution in [0.5, 0.6) is 0 Å². The van der Waals surface area contributed by atoms with Gasteiger partial charge >= 0.3 is 11.9 Å². The van der Waals surface area contributed by atoms with Gasteiger partial charge in [0.2, 0.25) is 10.3 Å². The molecule has 0 unspecified atom stereocenters. The van der Waals surface area contributed by atoms with Crippen LogP contribution < -0.4 is 0 Å². The third-order valence-electron chi connectivity index (χ3n) is 2.76. The molecule has 1 aliphatic carbocycles. The lowest BCUT2D eigenvalue weighted by Crippen LogP contribution is -2.16. The first-order valence-corrected chi connectivity index (χ1v) is 6.24. The van der Waals surface area contributed by atoms with Crippen molar-refractivity contribution in [2.45, 2.75) is 6.42 Å². The van der Waals surface area contributed by atoms with Crippen LogP contribution in [0.4, 0.5) is 0 Å². The fourth-order valence-corrected chi connectivity index (χ4v) is 2.48. The van der Waals surface area contributed by atoms with Gasteiger partial charge in [0.15, 0.2) is 0 Å². The molecule has 0 saturated heterocycles. The topological polar surface area (TPSA) is 109 Å². The van der Waals surface area contributed by atoms with Crippen molar-refractivity contribution < 1.29 is 28.2 Å². The van der Waals surface area contributed by atoms with Crippen molar-refractivity contribution in [1.29, 1.82) is 0 Å². The molecule has 0 atom stereocenters. The quantitative estimate of drug-likeness (QED) is 0.770. The minimum atomic E-state index is -2.60. The van der Waals surface area contributed by atoms with E-state index in [0.29, 0.717) is 5.56 Å². The van der Waals surface area contributed by atoms with Crippen molar-refractivity contribution in [3.8, 4) is 0 Å². The highest BCUT2D eigenvalue weighted by atomic mass is 32.2. The fourth-order valence-electron chi connectivity index (χ4n) is 1.85. The van der Waals surface area contributed by atoms with Crippen LogP contribution in [-0.2, 0) is 15.1 Å². The number of fused-ring (bicyclic) bond motifs is 1. The maximum absolute atomic E-state index is 11.2. The predicted molar refractivity (Wildman–Crippen MR) is 66.7 cm³/mol. The minimum Gasteiger partial charge on any atom is -0.478 e. The molecule has 0 aliphatic heterocycles. The van der Waals surface area contributed by atoms with Gasteiger partial charge in [0, 0.05) is 17.6 Å². The zero-order valence-electron chi connectivity index (χ0n) is 9.45. The minimum absolute atomic E-state index is 0.0465. The zero-order chi connectivity index (χ0) is 14.2. The Hall–Kier alpha value is -2.41. The van der Waals surface area contributed by atoms with Crippen LogP contribution in [0.15, 0.2) is 23.8 Å². The highest BCUT2D eigenvalue weighted by Crippen LogP contribution is 2.25. The number of carboxylic acids is 2. The zero-order valence-corrected chi connectivity index (χ0v) is 10.3. The summed E-state index contributed by atoms with van der Waals surface area (Å²) in [6, 6.07) is 3.93. The smallest absolute Gasteiger partial charge is 0.335 e. The first-order valence-electron chi connectivity index (χ1n) is 5.17. The fraction of sp³-hybridized carbons (Fsp3) is 0.0833. The summed E-state index contributed by atoms with van der Waals surface area (Å²) in [7, 11) is -2.60. The molecular weight excluding hydrogens is 272 g/mol. The molecule has 0 bridgehead atoms. The molecule has 19 heavy (non-hydrogen) atoms. The lowest BCUT2D eigenvalue weighted by Gasteiger charge is -2.15. The van der Waals surface area contributed by atoms with Crippen LogP contribution in [0.2, 0.25) is 0 Å². The maximum atomic E-state index is 11.2. The SMILES string of the molecule is O=C(O)C1=Cc2ccc(C(=O)O)cc2C(=S(=O)=O)C1. The standard InChI is InChI=1S/C12H8O6S/c13-11(14)7-2-1-6-3-8(12(15)16)5-10(19(17)18)9(6)4-7/h1-4H,5H2,(H,13,14)(H,15,16). The van der Waals surface area contributed by atoms with Crippen molar-refractivity contribution in [1.82, 2.24) is 0 Å². The van der Waals surface area contributed by atoms with Crippen molar-refractivity contribution >= 4 is 33.2 Å². The maximum Gasteiger partial charge on any atom is 0.335 e. The Morgan fingerprint density at radius 1 is 1.11 bits per heavy atom. The van der Waals surface area contributed by atoms with Gasteiger partial charge in [0.1, 0.15) is 0 Å². The first kappa shape index (κ1) is 13.0. The number of benzene rings is 1. The van der Waals surface area contributed by atoms with Gasteiger partial charge in [-0.15, -0.1) is 0 Å². The van der Waals surface area contributed by atoms with E-state index in [-0.39, 0.29) is 28.0 Å². The molecular formula is C12H8O6S. The van der Waals surface area contributed by atoms with Gasteiger partial charge in [-0.25, -0.2) is 9.59 Å². The lowest BCUT2D eigenvalue weighted by atomic mass is 9.90. The summed E-state index contributed by atoms with van der Waals surface area (Å²) in [4.78, 5) is 21.7. The number of carboxylic acid groups (broad SMARTS) is 2. The molecule has 0 saturated carbocycles. The summed E-state index contributed by atoms with van der Waals surface area (Å²) in [5, 5.41) is 17.8. The van der Waals surface area contributed by atoms with Crippen LogP contribution in [0, 0.1) is 0 Å². The van der Waals surface area contributed by atoms with E-state index in [1.807, 2.05) is 0 Å². The third kappa shape index (κ3) is 2.41. The number of aromatic carboxylic acids is 1. The molecule has 1 aromatic rings. The van der Waals surface area contributed by atoms with E-state index in [1.54, 1.807) is 0 Å². The number of hydrogen-bond acceptors (Lipinski definition) is 4. The average Bonchev–Trinajstić information content (AvgIpc) is 2.36. The summed E-state index contributed by atoms with van der Waals surface area (Å²) in [5.41, 5.74) is 0.523. The van der Waals surface area contributed by atoms with Crippen LogP contribution in [-0.4, -0.2) is 35.4 Å².